The van der Waals surface area contributed by atoms with Crippen molar-refractivity contribution in [3.63, 3.8) is 0 Å². The zero-order valence-corrected chi connectivity index (χ0v) is 6.47. The standard InChI is InChI=1S/C3H3ClF4O2S/c4-11(9,10)1-2(5)3(6,7)8/h2H,1H2. The number of hydrogen-bond donors (Lipinski definition) is 0. The molecule has 0 rings (SSSR count). The summed E-state index contributed by atoms with van der Waals surface area (Å²) in [6.07, 6.45) is -8.58. The largest absolute Gasteiger partial charge is 0.420 e. The van der Waals surface area contributed by atoms with Gasteiger partial charge in [0.05, 0.1) is 0 Å². The molecule has 0 aromatic rings. The minimum absolute atomic E-state index is 1.74. The molecule has 0 amide bonds. The molecule has 68 valence electrons. The molecule has 0 radical (unpaired) electrons. The summed E-state index contributed by atoms with van der Waals surface area (Å²) in [5, 5.41) is 0. The molecule has 2 nitrogen and oxygen atoms in total. The Kier molecular flexibility index (Phi) is 3.13. The first-order chi connectivity index (χ1) is 4.63. The van der Waals surface area contributed by atoms with Crippen LogP contribution in [0.1, 0.15) is 0 Å². The van der Waals surface area contributed by atoms with Crippen LogP contribution in [0.15, 0.2) is 0 Å². The summed E-state index contributed by atoms with van der Waals surface area (Å²) in [4.78, 5) is 0. The molecule has 0 aromatic carbocycles. The van der Waals surface area contributed by atoms with E-state index in [4.69, 9.17) is 0 Å². The maximum atomic E-state index is 11.8. The summed E-state index contributed by atoms with van der Waals surface area (Å²) < 4.78 is 65.5. The smallest absolute Gasteiger partial charge is 0.236 e. The van der Waals surface area contributed by atoms with Crippen molar-refractivity contribution in [1.82, 2.24) is 0 Å². The number of halogens is 5. The van der Waals surface area contributed by atoms with E-state index in [9.17, 15) is 26.0 Å². The highest BCUT2D eigenvalue weighted by molar-refractivity contribution is 8.13. The van der Waals surface area contributed by atoms with E-state index >= 15 is 0 Å². The Hall–Kier alpha value is -0.0400. The fourth-order valence-electron chi connectivity index (χ4n) is 0.269. The molecular weight excluding hydrogens is 212 g/mol. The van der Waals surface area contributed by atoms with Gasteiger partial charge in [0, 0.05) is 10.7 Å². The van der Waals surface area contributed by atoms with Crippen molar-refractivity contribution in [3.8, 4) is 0 Å². The van der Waals surface area contributed by atoms with Crippen LogP contribution >= 0.6 is 10.7 Å². The van der Waals surface area contributed by atoms with Gasteiger partial charge in [-0.25, -0.2) is 12.8 Å². The lowest BCUT2D eigenvalue weighted by Gasteiger charge is -2.09. The summed E-state index contributed by atoms with van der Waals surface area (Å²) >= 11 is 0. The van der Waals surface area contributed by atoms with Gasteiger partial charge in [-0.3, -0.25) is 0 Å². The summed E-state index contributed by atoms with van der Waals surface area (Å²) in [6.45, 7) is 0. The SMILES string of the molecule is O=S(=O)(Cl)CC(F)C(F)(F)F. The molecule has 0 heterocycles. The van der Waals surface area contributed by atoms with Crippen molar-refractivity contribution in [2.24, 2.45) is 0 Å². The zero-order valence-electron chi connectivity index (χ0n) is 4.90. The van der Waals surface area contributed by atoms with E-state index in [1.54, 1.807) is 0 Å². The first-order valence-electron chi connectivity index (χ1n) is 2.26. The molecule has 0 saturated heterocycles. The second-order valence-corrected chi connectivity index (χ2v) is 4.54. The average molecular weight is 215 g/mol. The summed E-state index contributed by atoms with van der Waals surface area (Å²) in [5.41, 5.74) is 0. The van der Waals surface area contributed by atoms with Crippen molar-refractivity contribution < 1.29 is 26.0 Å². The minimum atomic E-state index is -5.16. The van der Waals surface area contributed by atoms with Crippen molar-refractivity contribution in [2.75, 3.05) is 5.75 Å². The van der Waals surface area contributed by atoms with Crippen LogP contribution in [0.4, 0.5) is 17.6 Å². The van der Waals surface area contributed by atoms with Crippen molar-refractivity contribution >= 4 is 19.7 Å². The molecule has 1 atom stereocenters. The first kappa shape index (κ1) is 11.0. The summed E-state index contributed by atoms with van der Waals surface area (Å²) in [6, 6.07) is 0. The van der Waals surface area contributed by atoms with Gasteiger partial charge in [0.1, 0.15) is 5.75 Å². The van der Waals surface area contributed by atoms with Crippen LogP contribution in [-0.4, -0.2) is 26.5 Å². The maximum absolute atomic E-state index is 11.8. The third kappa shape index (κ3) is 5.25. The van der Waals surface area contributed by atoms with Gasteiger partial charge in [-0.05, 0) is 0 Å². The highest BCUT2D eigenvalue weighted by Crippen LogP contribution is 2.24. The zero-order chi connectivity index (χ0) is 9.28. The first-order valence-corrected chi connectivity index (χ1v) is 4.74. The van der Waals surface area contributed by atoms with E-state index in [2.05, 4.69) is 10.7 Å². The molecule has 8 heteroatoms. The van der Waals surface area contributed by atoms with Gasteiger partial charge in [0.15, 0.2) is 0 Å². The highest BCUT2D eigenvalue weighted by Gasteiger charge is 2.42. The topological polar surface area (TPSA) is 34.1 Å². The highest BCUT2D eigenvalue weighted by atomic mass is 35.7. The van der Waals surface area contributed by atoms with Gasteiger partial charge < -0.3 is 0 Å². The van der Waals surface area contributed by atoms with Gasteiger partial charge in [-0.2, -0.15) is 13.2 Å². The van der Waals surface area contributed by atoms with Crippen LogP contribution in [0.2, 0.25) is 0 Å². The monoisotopic (exact) mass is 214 g/mol. The van der Waals surface area contributed by atoms with E-state index < -0.39 is 27.2 Å². The van der Waals surface area contributed by atoms with Gasteiger partial charge in [0.25, 0.3) is 0 Å². The quantitative estimate of drug-likeness (QED) is 0.515. The lowest BCUT2D eigenvalue weighted by Crippen LogP contribution is -2.30. The normalized spacial score (nSPS) is 16.5. The second kappa shape index (κ2) is 3.14. The fourth-order valence-corrected chi connectivity index (χ4v) is 1.14. The Balaban J connectivity index is 4.21. The van der Waals surface area contributed by atoms with E-state index in [1.807, 2.05) is 0 Å². The lowest BCUT2D eigenvalue weighted by atomic mass is 10.4. The minimum Gasteiger partial charge on any atom is -0.236 e. The molecule has 0 aliphatic carbocycles. The molecule has 11 heavy (non-hydrogen) atoms. The number of rotatable bonds is 2. The van der Waals surface area contributed by atoms with Crippen LogP contribution in [0, 0.1) is 0 Å². The lowest BCUT2D eigenvalue weighted by molar-refractivity contribution is -0.173. The fraction of sp³-hybridized carbons (Fsp3) is 1.00. The van der Waals surface area contributed by atoms with Gasteiger partial charge in [0.2, 0.25) is 15.2 Å². The van der Waals surface area contributed by atoms with Crippen LogP contribution in [0.25, 0.3) is 0 Å². The van der Waals surface area contributed by atoms with Crippen LogP contribution in [0.3, 0.4) is 0 Å². The third-order valence-electron chi connectivity index (χ3n) is 0.701. The van der Waals surface area contributed by atoms with E-state index in [1.165, 1.54) is 0 Å². The molecule has 0 saturated carbocycles. The molecule has 0 bridgehead atoms. The molecular formula is C3H3ClF4O2S. The molecule has 0 N–H and O–H groups in total. The molecule has 0 aliphatic heterocycles. The van der Waals surface area contributed by atoms with E-state index in [-0.39, 0.29) is 0 Å². The number of alkyl halides is 4. The van der Waals surface area contributed by atoms with E-state index in [0.29, 0.717) is 0 Å². The van der Waals surface area contributed by atoms with Crippen LogP contribution in [0.5, 0.6) is 0 Å². The van der Waals surface area contributed by atoms with Gasteiger partial charge in [-0.15, -0.1) is 0 Å². The summed E-state index contributed by atoms with van der Waals surface area (Å²) in [7, 11) is -0.0630. The van der Waals surface area contributed by atoms with Crippen molar-refractivity contribution in [3.05, 3.63) is 0 Å². The Labute approximate surface area is 64.6 Å². The third-order valence-corrected chi connectivity index (χ3v) is 1.77. The predicted molar refractivity (Wildman–Crippen MR) is 30.6 cm³/mol. The van der Waals surface area contributed by atoms with Gasteiger partial charge in [-0.1, -0.05) is 0 Å². The van der Waals surface area contributed by atoms with Gasteiger partial charge >= 0.3 is 6.18 Å². The molecule has 0 aromatic heterocycles. The van der Waals surface area contributed by atoms with Crippen molar-refractivity contribution in [1.29, 1.82) is 0 Å². The van der Waals surface area contributed by atoms with Crippen LogP contribution < -0.4 is 0 Å². The summed E-state index contributed by atoms with van der Waals surface area (Å²) in [5.74, 6) is -1.74. The van der Waals surface area contributed by atoms with Crippen molar-refractivity contribution in [2.45, 2.75) is 12.3 Å². The Bertz CT molecular complexity index is 220. The van der Waals surface area contributed by atoms with E-state index in [0.717, 1.165) is 0 Å². The second-order valence-electron chi connectivity index (χ2n) is 1.71. The predicted octanol–water partition coefficient (Wildman–Crippen LogP) is 1.46. The van der Waals surface area contributed by atoms with Crippen LogP contribution in [-0.2, 0) is 9.05 Å². The molecule has 0 aliphatic rings. The molecule has 1 unspecified atom stereocenters. The molecule has 0 fully saturated rings. The average Bonchev–Trinajstić information content (AvgIpc) is 1.56. The maximum Gasteiger partial charge on any atom is 0.420 e. The number of hydrogen-bond acceptors (Lipinski definition) is 2. The Morgan fingerprint density at radius 2 is 1.73 bits per heavy atom. The Morgan fingerprint density at radius 1 is 1.36 bits per heavy atom. The Morgan fingerprint density at radius 3 is 1.82 bits per heavy atom. The molecule has 0 spiro atoms.